The standard InChI is InChI=1S/C22H23ClN2O2/c23-18-10-8-17(9-11-18)21(26)25-14-19(16-6-2-1-3-7-16)20(15-25)22(27)24-12-4-5-13-24/h1-3,6-11,19-20H,4-5,12-15H2/t19-,20-/m1/s1. The van der Waals surface area contributed by atoms with Crippen LogP contribution in [0.15, 0.2) is 54.6 Å². The van der Waals surface area contributed by atoms with Gasteiger partial charge in [-0.15, -0.1) is 0 Å². The summed E-state index contributed by atoms with van der Waals surface area (Å²) < 4.78 is 0. The minimum absolute atomic E-state index is 0.0375. The fourth-order valence-corrected chi connectivity index (χ4v) is 4.33. The Kier molecular flexibility index (Phi) is 5.17. The quantitative estimate of drug-likeness (QED) is 0.809. The molecular weight excluding hydrogens is 360 g/mol. The highest BCUT2D eigenvalue weighted by Gasteiger charge is 2.42. The van der Waals surface area contributed by atoms with Crippen molar-refractivity contribution in [2.75, 3.05) is 26.2 Å². The molecule has 2 aromatic carbocycles. The van der Waals surface area contributed by atoms with Crippen LogP contribution in [0.25, 0.3) is 0 Å². The Labute approximate surface area is 164 Å². The number of likely N-dealkylation sites (tertiary alicyclic amines) is 2. The Balaban J connectivity index is 1.59. The van der Waals surface area contributed by atoms with Crippen molar-refractivity contribution in [2.45, 2.75) is 18.8 Å². The van der Waals surface area contributed by atoms with E-state index in [0.29, 0.717) is 23.7 Å². The number of hydrogen-bond donors (Lipinski definition) is 0. The van der Waals surface area contributed by atoms with Gasteiger partial charge in [0, 0.05) is 42.7 Å². The maximum absolute atomic E-state index is 13.2. The smallest absolute Gasteiger partial charge is 0.253 e. The summed E-state index contributed by atoms with van der Waals surface area (Å²) in [7, 11) is 0. The Morgan fingerprint density at radius 3 is 2.19 bits per heavy atom. The summed E-state index contributed by atoms with van der Waals surface area (Å²) in [5.41, 5.74) is 1.74. The van der Waals surface area contributed by atoms with E-state index in [1.54, 1.807) is 24.3 Å². The van der Waals surface area contributed by atoms with Gasteiger partial charge < -0.3 is 9.80 Å². The second kappa shape index (κ2) is 7.73. The average molecular weight is 383 g/mol. The van der Waals surface area contributed by atoms with Crippen LogP contribution in [0.4, 0.5) is 0 Å². The van der Waals surface area contributed by atoms with E-state index in [1.165, 1.54) is 0 Å². The minimum Gasteiger partial charge on any atom is -0.342 e. The molecular formula is C22H23ClN2O2. The number of benzene rings is 2. The van der Waals surface area contributed by atoms with E-state index < -0.39 is 0 Å². The summed E-state index contributed by atoms with van der Waals surface area (Å²) in [5, 5.41) is 0.609. The van der Waals surface area contributed by atoms with Crippen LogP contribution in [-0.4, -0.2) is 47.8 Å². The van der Waals surface area contributed by atoms with Crippen LogP contribution in [0.2, 0.25) is 5.02 Å². The van der Waals surface area contributed by atoms with Crippen molar-refractivity contribution in [2.24, 2.45) is 5.92 Å². The van der Waals surface area contributed by atoms with Gasteiger partial charge in [-0.3, -0.25) is 9.59 Å². The van der Waals surface area contributed by atoms with E-state index in [1.807, 2.05) is 28.0 Å². The van der Waals surface area contributed by atoms with E-state index in [2.05, 4.69) is 12.1 Å². The van der Waals surface area contributed by atoms with Crippen LogP contribution in [0.5, 0.6) is 0 Å². The Morgan fingerprint density at radius 2 is 1.52 bits per heavy atom. The summed E-state index contributed by atoms with van der Waals surface area (Å²) in [6.45, 7) is 2.70. The molecule has 2 heterocycles. The third-order valence-corrected chi connectivity index (χ3v) is 5.91. The first-order valence-electron chi connectivity index (χ1n) is 9.52. The maximum atomic E-state index is 13.2. The number of hydrogen-bond acceptors (Lipinski definition) is 2. The van der Waals surface area contributed by atoms with Crippen molar-refractivity contribution in [1.29, 1.82) is 0 Å². The summed E-state index contributed by atoms with van der Waals surface area (Å²) >= 11 is 5.94. The van der Waals surface area contributed by atoms with Crippen LogP contribution in [-0.2, 0) is 4.79 Å². The summed E-state index contributed by atoms with van der Waals surface area (Å²) in [6, 6.07) is 17.0. The lowest BCUT2D eigenvalue weighted by Gasteiger charge is -2.23. The first kappa shape index (κ1) is 18.1. The second-order valence-electron chi connectivity index (χ2n) is 7.37. The zero-order valence-electron chi connectivity index (χ0n) is 15.2. The molecule has 0 aliphatic carbocycles. The molecule has 2 fully saturated rings. The highest BCUT2D eigenvalue weighted by atomic mass is 35.5. The van der Waals surface area contributed by atoms with E-state index in [4.69, 9.17) is 11.6 Å². The zero-order valence-corrected chi connectivity index (χ0v) is 15.9. The van der Waals surface area contributed by atoms with Gasteiger partial charge in [-0.05, 0) is 42.7 Å². The summed E-state index contributed by atoms with van der Waals surface area (Å²) in [5.74, 6) is 0.00868. The molecule has 0 bridgehead atoms. The summed E-state index contributed by atoms with van der Waals surface area (Å²) in [4.78, 5) is 29.9. The molecule has 140 valence electrons. The van der Waals surface area contributed by atoms with Crippen molar-refractivity contribution < 1.29 is 9.59 Å². The molecule has 0 spiro atoms. The van der Waals surface area contributed by atoms with E-state index in [0.717, 1.165) is 31.5 Å². The topological polar surface area (TPSA) is 40.6 Å². The molecule has 0 aromatic heterocycles. The number of halogens is 1. The lowest BCUT2D eigenvalue weighted by atomic mass is 9.88. The molecule has 0 unspecified atom stereocenters. The number of nitrogens with zero attached hydrogens (tertiary/aromatic N) is 2. The van der Waals surface area contributed by atoms with Gasteiger partial charge in [0.1, 0.15) is 0 Å². The van der Waals surface area contributed by atoms with Gasteiger partial charge >= 0.3 is 0 Å². The minimum atomic E-state index is -0.179. The molecule has 0 radical (unpaired) electrons. The van der Waals surface area contributed by atoms with Gasteiger partial charge in [-0.1, -0.05) is 41.9 Å². The van der Waals surface area contributed by atoms with Crippen LogP contribution < -0.4 is 0 Å². The van der Waals surface area contributed by atoms with Gasteiger partial charge in [0.15, 0.2) is 0 Å². The maximum Gasteiger partial charge on any atom is 0.253 e. The van der Waals surface area contributed by atoms with Gasteiger partial charge in [0.2, 0.25) is 5.91 Å². The molecule has 4 nitrogen and oxygen atoms in total. The second-order valence-corrected chi connectivity index (χ2v) is 7.81. The summed E-state index contributed by atoms with van der Waals surface area (Å²) in [6.07, 6.45) is 2.14. The molecule has 2 aliphatic rings. The fraction of sp³-hybridized carbons (Fsp3) is 0.364. The predicted octanol–water partition coefficient (Wildman–Crippen LogP) is 3.82. The molecule has 2 aliphatic heterocycles. The van der Waals surface area contributed by atoms with Crippen LogP contribution >= 0.6 is 11.6 Å². The number of carbonyl (C=O) groups excluding carboxylic acids is 2. The van der Waals surface area contributed by atoms with Crippen molar-refractivity contribution >= 4 is 23.4 Å². The van der Waals surface area contributed by atoms with Gasteiger partial charge in [0.05, 0.1) is 5.92 Å². The van der Waals surface area contributed by atoms with Crippen LogP contribution in [0, 0.1) is 5.92 Å². The van der Waals surface area contributed by atoms with Crippen molar-refractivity contribution in [3.8, 4) is 0 Å². The normalized spacial score (nSPS) is 22.3. The Morgan fingerprint density at radius 1 is 0.852 bits per heavy atom. The molecule has 4 rings (SSSR count). The van der Waals surface area contributed by atoms with Crippen molar-refractivity contribution in [1.82, 2.24) is 9.80 Å². The molecule has 2 amide bonds. The largest absolute Gasteiger partial charge is 0.342 e. The first-order chi connectivity index (χ1) is 13.1. The van der Waals surface area contributed by atoms with Gasteiger partial charge in [-0.2, -0.15) is 0 Å². The molecule has 0 saturated carbocycles. The van der Waals surface area contributed by atoms with Gasteiger partial charge in [-0.25, -0.2) is 0 Å². The van der Waals surface area contributed by atoms with Gasteiger partial charge in [0.25, 0.3) is 5.91 Å². The molecule has 5 heteroatoms. The van der Waals surface area contributed by atoms with Crippen LogP contribution in [0.3, 0.4) is 0 Å². The third-order valence-electron chi connectivity index (χ3n) is 5.66. The molecule has 0 N–H and O–H groups in total. The number of carbonyl (C=O) groups is 2. The number of rotatable bonds is 3. The zero-order chi connectivity index (χ0) is 18.8. The Bertz CT molecular complexity index is 816. The lowest BCUT2D eigenvalue weighted by molar-refractivity contribution is -0.134. The van der Waals surface area contributed by atoms with E-state index >= 15 is 0 Å². The highest BCUT2D eigenvalue weighted by molar-refractivity contribution is 6.30. The lowest BCUT2D eigenvalue weighted by Crippen LogP contribution is -2.37. The Hall–Kier alpha value is -2.33. The highest BCUT2D eigenvalue weighted by Crippen LogP contribution is 2.35. The fourth-order valence-electron chi connectivity index (χ4n) is 4.20. The molecule has 2 aromatic rings. The first-order valence-corrected chi connectivity index (χ1v) is 9.90. The monoisotopic (exact) mass is 382 g/mol. The third kappa shape index (κ3) is 3.72. The number of amides is 2. The average Bonchev–Trinajstić information content (AvgIpc) is 3.38. The van der Waals surface area contributed by atoms with Crippen molar-refractivity contribution in [3.63, 3.8) is 0 Å². The van der Waals surface area contributed by atoms with E-state index in [9.17, 15) is 9.59 Å². The predicted molar refractivity (Wildman–Crippen MR) is 106 cm³/mol. The molecule has 27 heavy (non-hydrogen) atoms. The molecule has 2 atom stereocenters. The van der Waals surface area contributed by atoms with E-state index in [-0.39, 0.29) is 23.7 Å². The van der Waals surface area contributed by atoms with Crippen LogP contribution in [0.1, 0.15) is 34.7 Å². The van der Waals surface area contributed by atoms with Crippen molar-refractivity contribution in [3.05, 3.63) is 70.7 Å². The SMILES string of the molecule is O=C(c1ccc(Cl)cc1)N1C[C@H](c2ccccc2)[C@H](C(=O)N2CCCC2)C1. The molecule has 2 saturated heterocycles.